The van der Waals surface area contributed by atoms with Crippen LogP contribution in [0.1, 0.15) is 10.4 Å². The first kappa shape index (κ1) is 11.3. The molecule has 0 bridgehead atoms. The Morgan fingerprint density at radius 1 is 1.54 bits per heavy atom. The number of esters is 1. The van der Waals surface area contributed by atoms with Gasteiger partial charge in [-0.3, -0.25) is 0 Å². The van der Waals surface area contributed by atoms with E-state index in [0.717, 1.165) is 3.57 Å². The van der Waals surface area contributed by atoms with Gasteiger partial charge < -0.3 is 4.74 Å². The predicted molar refractivity (Wildman–Crippen MR) is 63.4 cm³/mol. The van der Waals surface area contributed by atoms with E-state index in [4.69, 9.17) is 16.3 Å². The van der Waals surface area contributed by atoms with Crippen LogP contribution in [0.5, 0.6) is 0 Å². The van der Waals surface area contributed by atoms with Gasteiger partial charge in [-0.05, 0) is 56.7 Å². The monoisotopic (exact) mass is 374 g/mol. The van der Waals surface area contributed by atoms with E-state index >= 15 is 0 Å². The van der Waals surface area contributed by atoms with Crippen molar-refractivity contribution in [3.05, 3.63) is 32.4 Å². The molecule has 0 fully saturated rings. The first-order valence-corrected chi connectivity index (χ1v) is 5.90. The van der Waals surface area contributed by atoms with Crippen molar-refractivity contribution in [1.29, 1.82) is 0 Å². The molecule has 0 saturated heterocycles. The normalized spacial score (nSPS) is 9.77. The maximum Gasteiger partial charge on any atom is 0.339 e. The lowest BCUT2D eigenvalue weighted by Gasteiger charge is -2.01. The SMILES string of the molecule is O=C(OCBr)c1cc(Cl)cc(I)c1. The van der Waals surface area contributed by atoms with Crippen LogP contribution in [0.15, 0.2) is 18.2 Å². The summed E-state index contributed by atoms with van der Waals surface area (Å²) in [5.41, 5.74) is 0.658. The lowest BCUT2D eigenvalue weighted by molar-refractivity contribution is 0.0584. The molecule has 0 heterocycles. The summed E-state index contributed by atoms with van der Waals surface area (Å²) in [4.78, 5) is 11.2. The molecule has 0 spiro atoms. The van der Waals surface area contributed by atoms with E-state index in [2.05, 4.69) is 38.5 Å². The maximum atomic E-state index is 11.2. The van der Waals surface area contributed by atoms with Gasteiger partial charge in [0, 0.05) is 8.59 Å². The standard InChI is InChI=1S/C8H5BrClIO2/c9-4-13-8(12)5-1-6(10)3-7(11)2-5/h1-3H,4H2. The van der Waals surface area contributed by atoms with Crippen molar-refractivity contribution in [2.75, 3.05) is 5.52 Å². The van der Waals surface area contributed by atoms with E-state index < -0.39 is 0 Å². The molecule has 0 N–H and O–H groups in total. The summed E-state index contributed by atoms with van der Waals surface area (Å²) in [6.07, 6.45) is 0. The van der Waals surface area contributed by atoms with Crippen molar-refractivity contribution >= 4 is 56.1 Å². The second-order valence-corrected chi connectivity index (χ2v) is 4.34. The zero-order valence-electron chi connectivity index (χ0n) is 6.39. The minimum atomic E-state index is -0.378. The first-order chi connectivity index (χ1) is 6.13. The molecule has 0 aliphatic heterocycles. The fraction of sp³-hybridized carbons (Fsp3) is 0.125. The maximum absolute atomic E-state index is 11.2. The van der Waals surface area contributed by atoms with Crippen LogP contribution in [-0.4, -0.2) is 11.5 Å². The van der Waals surface area contributed by atoms with Gasteiger partial charge >= 0.3 is 5.97 Å². The number of hydrogen-bond acceptors (Lipinski definition) is 2. The van der Waals surface area contributed by atoms with E-state index in [1.807, 2.05) is 0 Å². The Morgan fingerprint density at radius 2 is 2.23 bits per heavy atom. The van der Waals surface area contributed by atoms with E-state index in [1.54, 1.807) is 18.2 Å². The predicted octanol–water partition coefficient (Wildman–Crippen LogP) is 3.45. The number of alkyl halides is 1. The molecule has 0 aromatic heterocycles. The van der Waals surface area contributed by atoms with Crippen LogP contribution in [0.25, 0.3) is 0 Å². The fourth-order valence-electron chi connectivity index (χ4n) is 0.805. The number of ether oxygens (including phenoxy) is 1. The van der Waals surface area contributed by atoms with Crippen LogP contribution in [-0.2, 0) is 4.74 Å². The first-order valence-electron chi connectivity index (χ1n) is 3.32. The third-order valence-corrected chi connectivity index (χ3v) is 2.35. The van der Waals surface area contributed by atoms with Crippen molar-refractivity contribution in [1.82, 2.24) is 0 Å². The molecule has 0 atom stereocenters. The van der Waals surface area contributed by atoms with Gasteiger partial charge in [-0.15, -0.1) is 0 Å². The van der Waals surface area contributed by atoms with Gasteiger partial charge in [-0.25, -0.2) is 4.79 Å². The Labute approximate surface area is 103 Å². The molecule has 1 aromatic carbocycles. The summed E-state index contributed by atoms with van der Waals surface area (Å²) in [7, 11) is 0. The van der Waals surface area contributed by atoms with Gasteiger partial charge in [-0.1, -0.05) is 11.6 Å². The molecule has 0 aliphatic carbocycles. The van der Waals surface area contributed by atoms with E-state index in [-0.39, 0.29) is 11.5 Å². The highest BCUT2D eigenvalue weighted by molar-refractivity contribution is 14.1. The fourth-order valence-corrected chi connectivity index (χ4v) is 2.10. The van der Waals surface area contributed by atoms with Gasteiger partial charge in [0.05, 0.1) is 5.56 Å². The average Bonchev–Trinajstić information content (AvgIpc) is 2.03. The zero-order valence-corrected chi connectivity index (χ0v) is 10.9. The molecule has 5 heteroatoms. The summed E-state index contributed by atoms with van der Waals surface area (Å²) in [5, 5.41) is 0.536. The van der Waals surface area contributed by atoms with Crippen molar-refractivity contribution in [3.8, 4) is 0 Å². The lowest BCUT2D eigenvalue weighted by atomic mass is 10.2. The quantitative estimate of drug-likeness (QED) is 0.450. The summed E-state index contributed by atoms with van der Waals surface area (Å²) < 4.78 is 5.66. The molecule has 70 valence electrons. The third-order valence-electron chi connectivity index (χ3n) is 1.28. The Morgan fingerprint density at radius 3 is 2.77 bits per heavy atom. The second kappa shape index (κ2) is 5.17. The molecular formula is C8H5BrClIO2. The van der Waals surface area contributed by atoms with Crippen molar-refractivity contribution < 1.29 is 9.53 Å². The summed E-state index contributed by atoms with van der Waals surface area (Å²) in [6, 6.07) is 5.07. The third kappa shape index (κ3) is 3.44. The number of hydrogen-bond donors (Lipinski definition) is 0. The van der Waals surface area contributed by atoms with Gasteiger partial charge in [0.25, 0.3) is 0 Å². The van der Waals surface area contributed by atoms with Crippen LogP contribution >= 0.6 is 50.1 Å². The summed E-state index contributed by atoms with van der Waals surface area (Å²) >= 11 is 10.9. The average molecular weight is 375 g/mol. The smallest absolute Gasteiger partial charge is 0.339 e. The molecule has 2 nitrogen and oxygen atoms in total. The second-order valence-electron chi connectivity index (χ2n) is 2.20. The number of halogens is 3. The molecule has 13 heavy (non-hydrogen) atoms. The molecular weight excluding hydrogens is 370 g/mol. The Bertz CT molecular complexity index is 310. The topological polar surface area (TPSA) is 26.3 Å². The van der Waals surface area contributed by atoms with Gasteiger partial charge in [-0.2, -0.15) is 0 Å². The highest BCUT2D eigenvalue weighted by atomic mass is 127. The molecule has 0 saturated carbocycles. The van der Waals surface area contributed by atoms with Crippen molar-refractivity contribution in [2.45, 2.75) is 0 Å². The molecule has 1 aromatic rings. The molecule has 1 rings (SSSR count). The van der Waals surface area contributed by atoms with Gasteiger partial charge in [0.15, 0.2) is 0 Å². The number of rotatable bonds is 2. The Kier molecular flexibility index (Phi) is 4.48. The van der Waals surface area contributed by atoms with Crippen LogP contribution in [0, 0.1) is 3.57 Å². The van der Waals surface area contributed by atoms with Gasteiger partial charge in [0.2, 0.25) is 0 Å². The van der Waals surface area contributed by atoms with Crippen LogP contribution in [0.2, 0.25) is 5.02 Å². The van der Waals surface area contributed by atoms with Crippen LogP contribution in [0.3, 0.4) is 0 Å². The Hall–Kier alpha value is 0.190. The molecule has 0 aliphatic rings. The number of carbonyl (C=O) groups excluding carboxylic acids is 1. The lowest BCUT2D eigenvalue weighted by Crippen LogP contribution is -2.03. The van der Waals surface area contributed by atoms with Gasteiger partial charge in [0.1, 0.15) is 5.52 Å². The number of carbonyl (C=O) groups is 1. The molecule has 0 amide bonds. The van der Waals surface area contributed by atoms with Crippen molar-refractivity contribution in [3.63, 3.8) is 0 Å². The summed E-state index contributed by atoms with van der Waals surface area (Å²) in [6.45, 7) is 0. The van der Waals surface area contributed by atoms with Crippen molar-refractivity contribution in [2.24, 2.45) is 0 Å². The van der Waals surface area contributed by atoms with E-state index in [0.29, 0.717) is 10.6 Å². The number of benzene rings is 1. The van der Waals surface area contributed by atoms with E-state index in [9.17, 15) is 4.79 Å². The molecule has 0 unspecified atom stereocenters. The minimum absolute atomic E-state index is 0.189. The minimum Gasteiger partial charge on any atom is -0.450 e. The molecule has 0 radical (unpaired) electrons. The zero-order chi connectivity index (χ0) is 9.84. The largest absolute Gasteiger partial charge is 0.450 e. The highest BCUT2D eigenvalue weighted by Gasteiger charge is 2.07. The highest BCUT2D eigenvalue weighted by Crippen LogP contribution is 2.17. The Balaban J connectivity index is 2.94. The van der Waals surface area contributed by atoms with Crippen LogP contribution in [0.4, 0.5) is 0 Å². The van der Waals surface area contributed by atoms with Crippen LogP contribution < -0.4 is 0 Å². The summed E-state index contributed by atoms with van der Waals surface area (Å²) in [5.74, 6) is -0.378. The van der Waals surface area contributed by atoms with E-state index in [1.165, 1.54) is 0 Å².